The molecule has 1 N–H and O–H groups in total. The molecule has 1 aromatic heterocycles. The van der Waals surface area contributed by atoms with Gasteiger partial charge in [-0.15, -0.1) is 0 Å². The van der Waals surface area contributed by atoms with Crippen LogP contribution >= 0.6 is 0 Å². The summed E-state index contributed by atoms with van der Waals surface area (Å²) < 4.78 is 18.2. The summed E-state index contributed by atoms with van der Waals surface area (Å²) in [5, 5.41) is 6.82. The fourth-order valence-corrected chi connectivity index (χ4v) is 2.17. The van der Waals surface area contributed by atoms with Crippen molar-refractivity contribution in [2.75, 3.05) is 13.6 Å². The molecule has 6 nitrogen and oxygen atoms in total. The number of nitrogens with zero attached hydrogens (tertiary/aromatic N) is 2. The van der Waals surface area contributed by atoms with Crippen molar-refractivity contribution in [3.05, 3.63) is 41.8 Å². The molecule has 2 atom stereocenters. The number of likely N-dealkylation sites (N-methyl/N-ethyl adjacent to an activating group) is 1. The van der Waals surface area contributed by atoms with Crippen LogP contribution < -0.4 is 5.32 Å². The molecule has 1 heterocycles. The zero-order valence-electron chi connectivity index (χ0n) is 13.8. The zero-order chi connectivity index (χ0) is 17.7. The van der Waals surface area contributed by atoms with E-state index in [0.29, 0.717) is 24.2 Å². The molecule has 0 aliphatic carbocycles. The lowest BCUT2D eigenvalue weighted by Gasteiger charge is -2.27. The molecule has 2 rings (SSSR count). The first-order valence-corrected chi connectivity index (χ1v) is 7.62. The van der Waals surface area contributed by atoms with E-state index in [1.54, 1.807) is 26.1 Å². The number of rotatable bonds is 7. The maximum Gasteiger partial charge on any atom is 0.276 e. The van der Waals surface area contributed by atoms with Crippen molar-refractivity contribution < 1.29 is 18.5 Å². The molecule has 0 radical (unpaired) electrons. The molecule has 0 fully saturated rings. The minimum atomic E-state index is -0.584. The van der Waals surface area contributed by atoms with Crippen LogP contribution in [-0.4, -0.2) is 47.9 Å². The molecule has 0 spiro atoms. The van der Waals surface area contributed by atoms with Crippen molar-refractivity contribution in [1.29, 1.82) is 0 Å². The topological polar surface area (TPSA) is 75.4 Å². The molecule has 7 heteroatoms. The van der Waals surface area contributed by atoms with Crippen molar-refractivity contribution in [2.24, 2.45) is 0 Å². The fraction of sp³-hybridized carbons (Fsp3) is 0.353. The summed E-state index contributed by atoms with van der Waals surface area (Å²) in [6.45, 7) is 3.91. The van der Waals surface area contributed by atoms with E-state index in [4.69, 9.17) is 4.52 Å². The van der Waals surface area contributed by atoms with Crippen LogP contribution in [0, 0.1) is 5.82 Å². The van der Waals surface area contributed by atoms with E-state index < -0.39 is 11.9 Å². The largest absolute Gasteiger partial charge is 0.355 e. The van der Waals surface area contributed by atoms with Gasteiger partial charge in [0, 0.05) is 24.2 Å². The van der Waals surface area contributed by atoms with Gasteiger partial charge < -0.3 is 19.5 Å². The summed E-state index contributed by atoms with van der Waals surface area (Å²) >= 11 is 0. The van der Waals surface area contributed by atoms with Crippen LogP contribution in [0.3, 0.4) is 0 Å². The number of nitrogens with one attached hydrogen (secondary N) is 1. The van der Waals surface area contributed by atoms with E-state index in [9.17, 15) is 14.0 Å². The number of aldehydes is 1. The molecule has 0 aliphatic heterocycles. The van der Waals surface area contributed by atoms with E-state index in [1.165, 1.54) is 23.1 Å². The normalized spacial score (nSPS) is 13.3. The number of carbonyl (C=O) groups excluding carboxylic acids is 2. The molecule has 2 aromatic rings. The van der Waals surface area contributed by atoms with Gasteiger partial charge in [-0.25, -0.2) is 4.39 Å². The molecule has 128 valence electrons. The Bertz CT molecular complexity index is 699. The monoisotopic (exact) mass is 333 g/mol. The molecule has 2 unspecified atom stereocenters. The number of halogens is 1. The van der Waals surface area contributed by atoms with Crippen LogP contribution in [0.2, 0.25) is 0 Å². The third kappa shape index (κ3) is 4.05. The van der Waals surface area contributed by atoms with Gasteiger partial charge in [0.2, 0.25) is 0 Å². The number of benzene rings is 1. The minimum absolute atomic E-state index is 0.0137. The summed E-state index contributed by atoms with van der Waals surface area (Å²) in [6, 6.07) is 6.60. The Kier molecular flexibility index (Phi) is 5.81. The van der Waals surface area contributed by atoms with E-state index >= 15 is 0 Å². The van der Waals surface area contributed by atoms with Gasteiger partial charge >= 0.3 is 0 Å². The molecule has 1 amide bonds. The number of carbonyl (C=O) groups is 2. The van der Waals surface area contributed by atoms with Crippen molar-refractivity contribution in [3.8, 4) is 11.3 Å². The summed E-state index contributed by atoms with van der Waals surface area (Å²) in [6.07, 6.45) is 0.710. The third-order valence-electron chi connectivity index (χ3n) is 3.77. The van der Waals surface area contributed by atoms with Crippen molar-refractivity contribution in [3.63, 3.8) is 0 Å². The smallest absolute Gasteiger partial charge is 0.276 e. The van der Waals surface area contributed by atoms with E-state index in [1.807, 2.05) is 6.92 Å². The summed E-state index contributed by atoms with van der Waals surface area (Å²) in [4.78, 5) is 25.2. The molecule has 24 heavy (non-hydrogen) atoms. The van der Waals surface area contributed by atoms with Crippen molar-refractivity contribution >= 4 is 12.2 Å². The highest BCUT2D eigenvalue weighted by atomic mass is 19.1. The van der Waals surface area contributed by atoms with Gasteiger partial charge in [0.25, 0.3) is 5.91 Å². The minimum Gasteiger partial charge on any atom is -0.355 e. The average Bonchev–Trinajstić information content (AvgIpc) is 3.08. The second-order valence-corrected chi connectivity index (χ2v) is 5.61. The molecular weight excluding hydrogens is 313 g/mol. The Morgan fingerprint density at radius 2 is 2.04 bits per heavy atom. The van der Waals surface area contributed by atoms with Gasteiger partial charge in [0.05, 0.1) is 6.04 Å². The van der Waals surface area contributed by atoms with E-state index in [0.717, 1.165) is 0 Å². The lowest BCUT2D eigenvalue weighted by Crippen LogP contribution is -2.46. The second kappa shape index (κ2) is 7.83. The van der Waals surface area contributed by atoms with Gasteiger partial charge in [-0.1, -0.05) is 5.16 Å². The van der Waals surface area contributed by atoms with Crippen molar-refractivity contribution in [2.45, 2.75) is 25.9 Å². The predicted octanol–water partition coefficient (Wildman–Crippen LogP) is 2.12. The van der Waals surface area contributed by atoms with Gasteiger partial charge in [-0.2, -0.15) is 0 Å². The Labute approximate surface area is 139 Å². The Balaban J connectivity index is 2.23. The second-order valence-electron chi connectivity index (χ2n) is 5.61. The summed E-state index contributed by atoms with van der Waals surface area (Å²) in [5.41, 5.74) is 0.716. The number of hydrogen-bond donors (Lipinski definition) is 1. The zero-order valence-corrected chi connectivity index (χ0v) is 13.8. The number of hydrogen-bond acceptors (Lipinski definition) is 5. The Morgan fingerprint density at radius 3 is 2.62 bits per heavy atom. The van der Waals surface area contributed by atoms with Gasteiger partial charge in [0.1, 0.15) is 12.1 Å². The Morgan fingerprint density at radius 1 is 1.38 bits per heavy atom. The molecule has 0 saturated carbocycles. The van der Waals surface area contributed by atoms with Crippen LogP contribution in [0.5, 0.6) is 0 Å². The van der Waals surface area contributed by atoms with Gasteiger partial charge in [-0.05, 0) is 45.2 Å². The maximum absolute atomic E-state index is 13.0. The molecule has 0 saturated heterocycles. The lowest BCUT2D eigenvalue weighted by molar-refractivity contribution is -0.111. The van der Waals surface area contributed by atoms with Crippen LogP contribution in [0.4, 0.5) is 4.39 Å². The first-order chi connectivity index (χ1) is 11.5. The van der Waals surface area contributed by atoms with Gasteiger partial charge in [-0.3, -0.25) is 4.79 Å². The van der Waals surface area contributed by atoms with E-state index in [2.05, 4.69) is 10.5 Å². The number of aromatic nitrogens is 1. The highest BCUT2D eigenvalue weighted by molar-refractivity contribution is 5.94. The van der Waals surface area contributed by atoms with Crippen LogP contribution in [0.15, 0.2) is 34.9 Å². The molecule has 0 aliphatic rings. The standard InChI is InChI=1S/C17H20FN3O3/c1-11(19-3)9-21(12(2)10-22)17(23)15-8-16(24-20-15)13-4-6-14(18)7-5-13/h4-8,10-12,19H,9H2,1-3H3. The fourth-order valence-electron chi connectivity index (χ4n) is 2.17. The van der Waals surface area contributed by atoms with Crippen molar-refractivity contribution in [1.82, 2.24) is 15.4 Å². The van der Waals surface area contributed by atoms with E-state index in [-0.39, 0.29) is 17.6 Å². The van der Waals surface area contributed by atoms with Crippen LogP contribution in [0.1, 0.15) is 24.3 Å². The quantitative estimate of drug-likeness (QED) is 0.786. The molecule has 1 aromatic carbocycles. The molecular formula is C17H20FN3O3. The van der Waals surface area contributed by atoms with Gasteiger partial charge in [0.15, 0.2) is 11.5 Å². The lowest BCUT2D eigenvalue weighted by atomic mass is 10.1. The maximum atomic E-state index is 13.0. The van der Waals surface area contributed by atoms with Crippen LogP contribution in [-0.2, 0) is 4.79 Å². The van der Waals surface area contributed by atoms with Crippen LogP contribution in [0.25, 0.3) is 11.3 Å². The predicted molar refractivity (Wildman–Crippen MR) is 87.0 cm³/mol. The summed E-state index contributed by atoms with van der Waals surface area (Å²) in [7, 11) is 1.78. The third-order valence-corrected chi connectivity index (χ3v) is 3.77. The SMILES string of the molecule is CNC(C)CN(C(=O)c1cc(-c2ccc(F)cc2)on1)C(C)C=O. The summed E-state index contributed by atoms with van der Waals surface area (Å²) in [5.74, 6) is -0.394. The highest BCUT2D eigenvalue weighted by Gasteiger charge is 2.25. The first-order valence-electron chi connectivity index (χ1n) is 7.62. The first kappa shape index (κ1) is 17.8. The molecule has 0 bridgehead atoms. The average molecular weight is 333 g/mol. The Hall–Kier alpha value is -2.54. The number of amides is 1. The highest BCUT2D eigenvalue weighted by Crippen LogP contribution is 2.21.